The van der Waals surface area contributed by atoms with Crippen LogP contribution in [0, 0.1) is 0 Å². The summed E-state index contributed by atoms with van der Waals surface area (Å²) in [6, 6.07) is 17.7. The molecule has 1 N–H and O–H groups in total. The fourth-order valence-electron chi connectivity index (χ4n) is 2.78. The van der Waals surface area contributed by atoms with E-state index >= 15 is 0 Å². The molecule has 2 heterocycles. The van der Waals surface area contributed by atoms with Gasteiger partial charge >= 0.3 is 0 Å². The van der Waals surface area contributed by atoms with Gasteiger partial charge < -0.3 is 4.98 Å². The lowest BCUT2D eigenvalue weighted by molar-refractivity contribution is 0.0995. The van der Waals surface area contributed by atoms with Crippen molar-refractivity contribution in [1.82, 2.24) is 19.7 Å². The summed E-state index contributed by atoms with van der Waals surface area (Å²) in [5, 5.41) is 9.55. The van der Waals surface area contributed by atoms with Crippen molar-refractivity contribution in [2.75, 3.05) is 0 Å². The number of nitrogens with zero attached hydrogens (tertiary/aromatic N) is 3. The number of benzene rings is 2. The van der Waals surface area contributed by atoms with E-state index in [1.54, 1.807) is 12.5 Å². The highest BCUT2D eigenvalue weighted by Crippen LogP contribution is 2.28. The van der Waals surface area contributed by atoms with Crippen LogP contribution in [0.15, 0.2) is 72.3 Å². The maximum atomic E-state index is 12.9. The normalized spacial score (nSPS) is 12.4. The van der Waals surface area contributed by atoms with Gasteiger partial charge in [0.1, 0.15) is 6.33 Å². The van der Waals surface area contributed by atoms with Gasteiger partial charge in [0.25, 0.3) is 0 Å². The third-order valence-electron chi connectivity index (χ3n) is 4.06. The van der Waals surface area contributed by atoms with Crippen LogP contribution in [0.5, 0.6) is 0 Å². The molecule has 2 aromatic carbocycles. The molecule has 0 radical (unpaired) electrons. The maximum Gasteiger partial charge on any atom is 0.196 e. The lowest BCUT2D eigenvalue weighted by atomic mass is 10.1. The molecule has 1 atom stereocenters. The van der Waals surface area contributed by atoms with Crippen molar-refractivity contribution < 1.29 is 4.79 Å². The van der Waals surface area contributed by atoms with Crippen LogP contribution in [0.25, 0.3) is 16.6 Å². The lowest BCUT2D eigenvalue weighted by Gasteiger charge is -2.10. The molecular formula is C19H16N4OS. The maximum absolute atomic E-state index is 12.9. The van der Waals surface area contributed by atoms with Crippen LogP contribution in [0.4, 0.5) is 0 Å². The zero-order valence-corrected chi connectivity index (χ0v) is 14.4. The predicted octanol–water partition coefficient (Wildman–Crippen LogP) is 4.11. The molecule has 25 heavy (non-hydrogen) atoms. The summed E-state index contributed by atoms with van der Waals surface area (Å²) in [6.45, 7) is 1.90. The second kappa shape index (κ2) is 6.57. The predicted molar refractivity (Wildman–Crippen MR) is 99.3 cm³/mol. The number of aromatic nitrogens is 4. The van der Waals surface area contributed by atoms with Crippen molar-refractivity contribution in [2.45, 2.75) is 17.3 Å². The quantitative estimate of drug-likeness (QED) is 0.435. The van der Waals surface area contributed by atoms with Gasteiger partial charge in [-0.2, -0.15) is 0 Å². The summed E-state index contributed by atoms with van der Waals surface area (Å²) in [5.74, 6) is 0.0741. The van der Waals surface area contributed by atoms with Crippen molar-refractivity contribution >= 4 is 28.4 Å². The Morgan fingerprint density at radius 3 is 2.72 bits per heavy atom. The van der Waals surface area contributed by atoms with E-state index in [1.807, 2.05) is 66.1 Å². The number of ketones is 1. The van der Waals surface area contributed by atoms with Crippen molar-refractivity contribution in [2.24, 2.45) is 0 Å². The number of rotatable bonds is 5. The zero-order chi connectivity index (χ0) is 17.2. The average Bonchev–Trinajstić information content (AvgIpc) is 3.28. The highest BCUT2D eigenvalue weighted by molar-refractivity contribution is 8.00. The fraction of sp³-hybridized carbons (Fsp3) is 0.105. The standard InChI is InChI=1S/C19H16N4OS/c1-13(18(24)16-11-20-17-10-6-5-9-15(16)17)25-19-22-21-12-23(19)14-7-3-2-4-8-14/h2-13,20H,1H3/t13-/m0/s1. The van der Waals surface area contributed by atoms with Crippen LogP contribution in [-0.4, -0.2) is 30.8 Å². The van der Waals surface area contributed by atoms with Crippen molar-refractivity contribution in [3.63, 3.8) is 0 Å². The van der Waals surface area contributed by atoms with Gasteiger partial charge in [-0.15, -0.1) is 10.2 Å². The van der Waals surface area contributed by atoms with E-state index in [2.05, 4.69) is 15.2 Å². The number of Topliss-reactive ketones (excluding diaryl/α,β-unsaturated/α-hetero) is 1. The van der Waals surface area contributed by atoms with Gasteiger partial charge in [-0.1, -0.05) is 48.2 Å². The van der Waals surface area contributed by atoms with E-state index < -0.39 is 0 Å². The highest BCUT2D eigenvalue weighted by Gasteiger charge is 2.22. The van der Waals surface area contributed by atoms with E-state index in [1.165, 1.54) is 11.8 Å². The van der Waals surface area contributed by atoms with Gasteiger partial charge in [0.05, 0.1) is 5.25 Å². The van der Waals surface area contributed by atoms with Crippen molar-refractivity contribution in [3.05, 3.63) is 72.7 Å². The van der Waals surface area contributed by atoms with Crippen LogP contribution < -0.4 is 0 Å². The molecule has 0 fully saturated rings. The first-order valence-electron chi connectivity index (χ1n) is 7.96. The molecule has 6 heteroatoms. The van der Waals surface area contributed by atoms with E-state index in [0.717, 1.165) is 16.6 Å². The fourth-order valence-corrected chi connectivity index (χ4v) is 3.69. The van der Waals surface area contributed by atoms with Crippen molar-refractivity contribution in [3.8, 4) is 5.69 Å². The monoisotopic (exact) mass is 348 g/mol. The van der Waals surface area contributed by atoms with E-state index in [-0.39, 0.29) is 11.0 Å². The Labute approximate surface area is 149 Å². The summed E-state index contributed by atoms with van der Waals surface area (Å²) in [6.07, 6.45) is 3.45. The largest absolute Gasteiger partial charge is 0.360 e. The third-order valence-corrected chi connectivity index (χ3v) is 5.11. The number of para-hydroxylation sites is 2. The molecule has 0 spiro atoms. The molecule has 0 amide bonds. The first-order chi connectivity index (χ1) is 12.2. The Balaban J connectivity index is 1.60. The molecule has 0 aliphatic heterocycles. The first-order valence-corrected chi connectivity index (χ1v) is 8.84. The minimum Gasteiger partial charge on any atom is -0.360 e. The summed E-state index contributed by atoms with van der Waals surface area (Å²) in [5.41, 5.74) is 2.65. The molecule has 4 rings (SSSR count). The van der Waals surface area contributed by atoms with Crippen LogP contribution in [-0.2, 0) is 0 Å². The second-order valence-corrected chi connectivity index (χ2v) is 7.00. The number of hydrogen-bond donors (Lipinski definition) is 1. The highest BCUT2D eigenvalue weighted by atomic mass is 32.2. The number of fused-ring (bicyclic) bond motifs is 1. The molecule has 124 valence electrons. The minimum atomic E-state index is -0.272. The minimum absolute atomic E-state index is 0.0741. The lowest BCUT2D eigenvalue weighted by Crippen LogP contribution is -2.14. The molecule has 4 aromatic rings. The number of thioether (sulfide) groups is 1. The molecule has 0 aliphatic carbocycles. The van der Waals surface area contributed by atoms with Gasteiger partial charge in [0, 0.05) is 28.4 Å². The summed E-state index contributed by atoms with van der Waals surface area (Å²) in [4.78, 5) is 16.1. The number of H-pyrrole nitrogens is 1. The van der Waals surface area contributed by atoms with Gasteiger partial charge in [-0.25, -0.2) is 0 Å². The summed E-state index contributed by atoms with van der Waals surface area (Å²) < 4.78 is 1.89. The van der Waals surface area contributed by atoms with Crippen molar-refractivity contribution in [1.29, 1.82) is 0 Å². The SMILES string of the molecule is C[C@H](Sc1nncn1-c1ccccc1)C(=O)c1c[nH]c2ccccc12. The molecule has 2 aromatic heterocycles. The van der Waals surface area contributed by atoms with E-state index in [4.69, 9.17) is 0 Å². The Kier molecular flexibility index (Phi) is 4.11. The number of carbonyl (C=O) groups is 1. The first kappa shape index (κ1) is 15.7. The van der Waals surface area contributed by atoms with Gasteiger partial charge in [-0.3, -0.25) is 9.36 Å². The van der Waals surface area contributed by atoms with Crippen LogP contribution in [0.1, 0.15) is 17.3 Å². The Morgan fingerprint density at radius 1 is 1.12 bits per heavy atom. The third kappa shape index (κ3) is 2.96. The van der Waals surface area contributed by atoms with Crippen LogP contribution in [0.3, 0.4) is 0 Å². The Hall–Kier alpha value is -2.86. The average molecular weight is 348 g/mol. The Morgan fingerprint density at radius 2 is 1.88 bits per heavy atom. The van der Waals surface area contributed by atoms with E-state index in [9.17, 15) is 4.79 Å². The van der Waals surface area contributed by atoms with Gasteiger partial charge in [0.2, 0.25) is 0 Å². The number of carbonyl (C=O) groups excluding carboxylic acids is 1. The molecular weight excluding hydrogens is 332 g/mol. The number of aromatic amines is 1. The van der Waals surface area contributed by atoms with Gasteiger partial charge in [-0.05, 0) is 25.1 Å². The molecule has 0 saturated carbocycles. The molecule has 0 unspecified atom stereocenters. The zero-order valence-electron chi connectivity index (χ0n) is 13.6. The Bertz CT molecular complexity index is 1020. The number of nitrogens with one attached hydrogen (secondary N) is 1. The smallest absolute Gasteiger partial charge is 0.196 e. The number of hydrogen-bond acceptors (Lipinski definition) is 4. The molecule has 0 saturated heterocycles. The van der Waals surface area contributed by atoms with Crippen LogP contribution >= 0.6 is 11.8 Å². The summed E-state index contributed by atoms with van der Waals surface area (Å²) in [7, 11) is 0. The molecule has 5 nitrogen and oxygen atoms in total. The van der Waals surface area contributed by atoms with Gasteiger partial charge in [0.15, 0.2) is 10.9 Å². The van der Waals surface area contributed by atoms with Crippen LogP contribution in [0.2, 0.25) is 0 Å². The second-order valence-electron chi connectivity index (χ2n) is 5.69. The van der Waals surface area contributed by atoms with E-state index in [0.29, 0.717) is 10.7 Å². The topological polar surface area (TPSA) is 63.6 Å². The summed E-state index contributed by atoms with van der Waals surface area (Å²) >= 11 is 1.41. The molecule has 0 aliphatic rings. The molecule has 0 bridgehead atoms.